The standard InChI is InChI=1S/C13H11NO4S2/c15-13(16)11-8-9-4-1-2-5-10(9)14(11)20(17,18)12-6-3-7-19-12/h1-7,11H,8H2,(H,15,16). The lowest BCUT2D eigenvalue weighted by Crippen LogP contribution is -2.42. The van der Waals surface area contributed by atoms with Gasteiger partial charge in [0.1, 0.15) is 10.3 Å². The Bertz CT molecular complexity index is 752. The van der Waals surface area contributed by atoms with Crippen molar-refractivity contribution in [1.29, 1.82) is 0 Å². The molecule has 7 heteroatoms. The molecule has 2 aromatic rings. The molecule has 0 amide bonds. The van der Waals surface area contributed by atoms with Crippen molar-refractivity contribution in [3.63, 3.8) is 0 Å². The lowest BCUT2D eigenvalue weighted by Gasteiger charge is -2.23. The van der Waals surface area contributed by atoms with Crippen molar-refractivity contribution in [3.8, 4) is 0 Å². The summed E-state index contributed by atoms with van der Waals surface area (Å²) in [5.74, 6) is -1.14. The SMILES string of the molecule is O=C(O)C1Cc2ccccc2N1S(=O)(=O)c1cccs1. The number of aliphatic carboxylic acids is 1. The summed E-state index contributed by atoms with van der Waals surface area (Å²) in [4.78, 5) is 11.4. The molecular formula is C13H11NO4S2. The number of thiophene rings is 1. The lowest BCUT2D eigenvalue weighted by molar-refractivity contribution is -0.138. The first-order valence-electron chi connectivity index (χ1n) is 5.90. The van der Waals surface area contributed by atoms with E-state index >= 15 is 0 Å². The molecule has 1 aliphatic heterocycles. The van der Waals surface area contributed by atoms with E-state index < -0.39 is 22.0 Å². The van der Waals surface area contributed by atoms with Crippen molar-refractivity contribution < 1.29 is 18.3 Å². The Morgan fingerprint density at radius 2 is 2.00 bits per heavy atom. The maximum Gasteiger partial charge on any atom is 0.327 e. The molecule has 104 valence electrons. The molecule has 5 nitrogen and oxygen atoms in total. The maximum absolute atomic E-state index is 12.6. The first-order valence-corrected chi connectivity index (χ1v) is 8.22. The monoisotopic (exact) mass is 309 g/mol. The topological polar surface area (TPSA) is 74.7 Å². The molecule has 0 bridgehead atoms. The lowest BCUT2D eigenvalue weighted by atomic mass is 10.1. The van der Waals surface area contributed by atoms with E-state index in [-0.39, 0.29) is 10.6 Å². The van der Waals surface area contributed by atoms with E-state index in [1.165, 1.54) is 6.07 Å². The predicted octanol–water partition coefficient (Wildman–Crippen LogP) is 1.95. The number of carbonyl (C=O) groups is 1. The number of fused-ring (bicyclic) bond motifs is 1. The number of hydrogen-bond acceptors (Lipinski definition) is 4. The van der Waals surface area contributed by atoms with Crippen LogP contribution < -0.4 is 4.31 Å². The third-order valence-electron chi connectivity index (χ3n) is 3.22. The summed E-state index contributed by atoms with van der Waals surface area (Å²) in [5, 5.41) is 11.0. The van der Waals surface area contributed by atoms with Gasteiger partial charge in [-0.15, -0.1) is 11.3 Å². The summed E-state index contributed by atoms with van der Waals surface area (Å²) in [7, 11) is -3.83. The second-order valence-electron chi connectivity index (χ2n) is 4.42. The van der Waals surface area contributed by atoms with Gasteiger partial charge in [-0.1, -0.05) is 24.3 Å². The number of hydrogen-bond donors (Lipinski definition) is 1. The van der Waals surface area contributed by atoms with Gasteiger partial charge in [-0.25, -0.2) is 13.2 Å². The Balaban J connectivity index is 2.17. The van der Waals surface area contributed by atoms with Crippen LogP contribution in [0.5, 0.6) is 0 Å². The van der Waals surface area contributed by atoms with Crippen molar-refractivity contribution >= 4 is 33.0 Å². The first-order chi connectivity index (χ1) is 9.51. The van der Waals surface area contributed by atoms with Crippen LogP contribution >= 0.6 is 11.3 Å². The molecule has 1 unspecified atom stereocenters. The Kier molecular flexibility index (Phi) is 3.02. The average molecular weight is 309 g/mol. The van der Waals surface area contributed by atoms with Gasteiger partial charge in [0.2, 0.25) is 0 Å². The van der Waals surface area contributed by atoms with E-state index in [9.17, 15) is 18.3 Å². The van der Waals surface area contributed by atoms with Gasteiger partial charge in [0.05, 0.1) is 5.69 Å². The minimum atomic E-state index is -3.83. The summed E-state index contributed by atoms with van der Waals surface area (Å²) in [6, 6.07) is 8.92. The van der Waals surface area contributed by atoms with Crippen LogP contribution in [-0.2, 0) is 21.2 Å². The zero-order valence-electron chi connectivity index (χ0n) is 10.3. The van der Waals surface area contributed by atoms with E-state index in [1.54, 1.807) is 35.7 Å². The van der Waals surface area contributed by atoms with Gasteiger partial charge in [-0.3, -0.25) is 4.31 Å². The highest BCUT2D eigenvalue weighted by Gasteiger charge is 2.42. The van der Waals surface area contributed by atoms with Crippen LogP contribution in [0.2, 0.25) is 0 Å². The number of anilines is 1. The molecular weight excluding hydrogens is 298 g/mol. The van der Waals surface area contributed by atoms with Crippen molar-refractivity contribution in [2.45, 2.75) is 16.7 Å². The van der Waals surface area contributed by atoms with Crippen LogP contribution in [0.25, 0.3) is 0 Å². The Morgan fingerprint density at radius 3 is 2.65 bits per heavy atom. The molecule has 1 aromatic carbocycles. The van der Waals surface area contributed by atoms with Crippen molar-refractivity contribution in [1.82, 2.24) is 0 Å². The van der Waals surface area contributed by atoms with Crippen molar-refractivity contribution in [3.05, 3.63) is 47.3 Å². The third-order valence-corrected chi connectivity index (χ3v) is 6.41. The number of nitrogens with zero attached hydrogens (tertiary/aromatic N) is 1. The van der Waals surface area contributed by atoms with Crippen LogP contribution in [0, 0.1) is 0 Å². The summed E-state index contributed by atoms with van der Waals surface area (Å²) < 4.78 is 26.5. The molecule has 0 aliphatic carbocycles. The van der Waals surface area contributed by atoms with E-state index in [0.717, 1.165) is 21.2 Å². The summed E-state index contributed by atoms with van der Waals surface area (Å²) in [5.41, 5.74) is 1.19. The fraction of sp³-hybridized carbons (Fsp3) is 0.154. The number of rotatable bonds is 3. The van der Waals surface area contributed by atoms with Gasteiger partial charge in [0.25, 0.3) is 10.0 Å². The summed E-state index contributed by atoms with van der Waals surface area (Å²) in [6.45, 7) is 0. The average Bonchev–Trinajstić information content (AvgIpc) is 3.06. The molecule has 1 aromatic heterocycles. The van der Waals surface area contributed by atoms with Crippen LogP contribution in [-0.4, -0.2) is 25.5 Å². The second kappa shape index (κ2) is 4.60. The van der Waals surface area contributed by atoms with Crippen LogP contribution in [0.3, 0.4) is 0 Å². The van der Waals surface area contributed by atoms with Gasteiger partial charge in [0, 0.05) is 6.42 Å². The van der Waals surface area contributed by atoms with Gasteiger partial charge in [-0.05, 0) is 23.1 Å². The molecule has 2 heterocycles. The third kappa shape index (κ3) is 1.90. The molecule has 3 rings (SSSR count). The fourth-order valence-corrected chi connectivity index (χ4v) is 5.07. The molecule has 1 aliphatic rings. The largest absolute Gasteiger partial charge is 0.480 e. The Labute approximate surface area is 120 Å². The highest BCUT2D eigenvalue weighted by molar-refractivity contribution is 7.94. The Morgan fingerprint density at radius 1 is 1.25 bits per heavy atom. The second-order valence-corrected chi connectivity index (χ2v) is 7.41. The van der Waals surface area contributed by atoms with Crippen LogP contribution in [0.4, 0.5) is 5.69 Å². The smallest absolute Gasteiger partial charge is 0.327 e. The number of para-hydroxylation sites is 1. The van der Waals surface area contributed by atoms with E-state index in [4.69, 9.17) is 0 Å². The van der Waals surface area contributed by atoms with E-state index in [1.807, 2.05) is 0 Å². The molecule has 0 spiro atoms. The molecule has 0 saturated heterocycles. The predicted molar refractivity (Wildman–Crippen MR) is 75.6 cm³/mol. The molecule has 0 saturated carbocycles. The molecule has 1 N–H and O–H groups in total. The minimum Gasteiger partial charge on any atom is -0.480 e. The number of sulfonamides is 1. The maximum atomic E-state index is 12.6. The first kappa shape index (κ1) is 13.1. The van der Waals surface area contributed by atoms with Gasteiger partial charge < -0.3 is 5.11 Å². The Hall–Kier alpha value is -1.86. The molecule has 1 atom stereocenters. The highest BCUT2D eigenvalue weighted by Crippen LogP contribution is 2.37. The van der Waals surface area contributed by atoms with Gasteiger partial charge in [0.15, 0.2) is 0 Å². The molecule has 20 heavy (non-hydrogen) atoms. The van der Waals surface area contributed by atoms with Crippen LogP contribution in [0.15, 0.2) is 46.0 Å². The highest BCUT2D eigenvalue weighted by atomic mass is 32.2. The molecule has 0 fully saturated rings. The van der Waals surface area contributed by atoms with E-state index in [2.05, 4.69) is 0 Å². The zero-order chi connectivity index (χ0) is 14.3. The number of carboxylic acids is 1. The van der Waals surface area contributed by atoms with Crippen molar-refractivity contribution in [2.24, 2.45) is 0 Å². The number of benzene rings is 1. The fourth-order valence-electron chi connectivity index (χ4n) is 2.35. The van der Waals surface area contributed by atoms with Gasteiger partial charge >= 0.3 is 5.97 Å². The van der Waals surface area contributed by atoms with E-state index in [0.29, 0.717) is 5.69 Å². The van der Waals surface area contributed by atoms with Crippen LogP contribution in [0.1, 0.15) is 5.56 Å². The summed E-state index contributed by atoms with van der Waals surface area (Å²) in [6.07, 6.45) is 0.191. The van der Waals surface area contributed by atoms with Gasteiger partial charge in [-0.2, -0.15) is 0 Å². The summed E-state index contributed by atoms with van der Waals surface area (Å²) >= 11 is 1.08. The minimum absolute atomic E-state index is 0.153. The molecule has 0 radical (unpaired) electrons. The van der Waals surface area contributed by atoms with Crippen molar-refractivity contribution in [2.75, 3.05) is 4.31 Å². The number of carboxylic acid groups (broad SMARTS) is 1. The normalized spacial score (nSPS) is 18.0. The zero-order valence-corrected chi connectivity index (χ0v) is 11.9. The quantitative estimate of drug-likeness (QED) is 0.940.